The third-order valence-electron chi connectivity index (χ3n) is 7.66. The first-order valence-electron chi connectivity index (χ1n) is 11.4. The topological polar surface area (TPSA) is 79.3 Å². The predicted octanol–water partition coefficient (Wildman–Crippen LogP) is 1.78. The zero-order valence-electron chi connectivity index (χ0n) is 17.3. The Labute approximate surface area is 172 Å². The molecular formula is C22H33N5O2. The Morgan fingerprint density at radius 3 is 2.72 bits per heavy atom. The molecule has 1 aromatic rings. The minimum Gasteiger partial charge on any atom is -0.352 e. The molecule has 7 heteroatoms. The maximum atomic E-state index is 13.4. The lowest BCUT2D eigenvalue weighted by molar-refractivity contribution is -0.157. The molecule has 7 nitrogen and oxygen atoms in total. The van der Waals surface area contributed by atoms with Crippen LogP contribution < -0.4 is 10.6 Å². The Bertz CT molecular complexity index is 769. The maximum absolute atomic E-state index is 13.4. The van der Waals surface area contributed by atoms with Crippen LogP contribution in [-0.2, 0) is 9.59 Å². The van der Waals surface area contributed by atoms with E-state index in [0.29, 0.717) is 18.4 Å². The summed E-state index contributed by atoms with van der Waals surface area (Å²) < 4.78 is 2.08. The fourth-order valence-corrected chi connectivity index (χ4v) is 6.25. The summed E-state index contributed by atoms with van der Waals surface area (Å²) in [6.45, 7) is 3.89. The molecule has 1 saturated carbocycles. The van der Waals surface area contributed by atoms with Crippen molar-refractivity contribution in [3.63, 3.8) is 0 Å². The number of amides is 2. The molecule has 4 aliphatic rings. The average Bonchev–Trinajstić information content (AvgIpc) is 3.16. The molecule has 0 unspecified atom stereocenters. The van der Waals surface area contributed by atoms with E-state index in [2.05, 4.69) is 33.5 Å². The quantitative estimate of drug-likeness (QED) is 0.812. The normalized spacial score (nSPS) is 37.1. The van der Waals surface area contributed by atoms with Crippen molar-refractivity contribution in [3.05, 3.63) is 18.0 Å². The van der Waals surface area contributed by atoms with Crippen LogP contribution in [0.3, 0.4) is 0 Å². The van der Waals surface area contributed by atoms with Gasteiger partial charge in [-0.3, -0.25) is 14.3 Å². The highest BCUT2D eigenvalue weighted by molar-refractivity contribution is 5.89. The summed E-state index contributed by atoms with van der Waals surface area (Å²) in [7, 11) is 0. The van der Waals surface area contributed by atoms with Gasteiger partial charge in [-0.25, -0.2) is 0 Å². The predicted molar refractivity (Wildman–Crippen MR) is 109 cm³/mol. The molecule has 29 heavy (non-hydrogen) atoms. The van der Waals surface area contributed by atoms with Gasteiger partial charge in [0.15, 0.2) is 0 Å². The summed E-state index contributed by atoms with van der Waals surface area (Å²) in [5.74, 6) is 1.02. The number of aryl methyl sites for hydroxylation is 1. The fraction of sp³-hybridized carbons (Fsp3) is 0.773. The van der Waals surface area contributed by atoms with Crippen LogP contribution in [0.5, 0.6) is 0 Å². The van der Waals surface area contributed by atoms with E-state index in [4.69, 9.17) is 0 Å². The SMILES string of the molecule is Cc1cnn(C2CCC(NC(=O)[C@H]3[C@@H]4CNC[C@@H](C4)[C@@H]4CCCC(=O)N43)CC2)c1. The van der Waals surface area contributed by atoms with Crippen LogP contribution in [0.25, 0.3) is 0 Å². The summed E-state index contributed by atoms with van der Waals surface area (Å²) >= 11 is 0. The van der Waals surface area contributed by atoms with Crippen LogP contribution >= 0.6 is 0 Å². The van der Waals surface area contributed by atoms with Crippen LogP contribution in [0.4, 0.5) is 0 Å². The summed E-state index contributed by atoms with van der Waals surface area (Å²) in [6, 6.07) is 0.601. The Morgan fingerprint density at radius 2 is 1.97 bits per heavy atom. The van der Waals surface area contributed by atoms with Gasteiger partial charge in [-0.2, -0.15) is 5.10 Å². The minimum atomic E-state index is -0.289. The minimum absolute atomic E-state index is 0.0794. The van der Waals surface area contributed by atoms with Crippen molar-refractivity contribution < 1.29 is 9.59 Å². The second-order valence-electron chi connectivity index (χ2n) is 9.63. The highest BCUT2D eigenvalue weighted by atomic mass is 16.2. The first-order chi connectivity index (χ1) is 14.1. The van der Waals surface area contributed by atoms with Crippen LogP contribution in [0, 0.1) is 18.8 Å². The summed E-state index contributed by atoms with van der Waals surface area (Å²) in [5, 5.41) is 11.3. The molecule has 158 valence electrons. The number of hydrogen-bond acceptors (Lipinski definition) is 4. The van der Waals surface area contributed by atoms with E-state index in [9.17, 15) is 9.59 Å². The summed E-state index contributed by atoms with van der Waals surface area (Å²) in [4.78, 5) is 28.2. The lowest BCUT2D eigenvalue weighted by atomic mass is 9.72. The molecule has 3 saturated heterocycles. The molecule has 1 aromatic heterocycles. The Balaban J connectivity index is 1.24. The monoisotopic (exact) mass is 399 g/mol. The molecule has 3 aliphatic heterocycles. The smallest absolute Gasteiger partial charge is 0.243 e. The summed E-state index contributed by atoms with van der Waals surface area (Å²) in [6.07, 6.45) is 11.7. The average molecular weight is 400 g/mol. The number of nitrogens with one attached hydrogen (secondary N) is 2. The summed E-state index contributed by atoms with van der Waals surface area (Å²) in [5.41, 5.74) is 1.19. The van der Waals surface area contributed by atoms with Crippen molar-refractivity contribution >= 4 is 11.8 Å². The van der Waals surface area contributed by atoms with E-state index in [1.807, 2.05) is 11.1 Å². The third kappa shape index (κ3) is 3.58. The molecule has 2 N–H and O–H groups in total. The zero-order valence-corrected chi connectivity index (χ0v) is 17.3. The van der Waals surface area contributed by atoms with Gasteiger partial charge >= 0.3 is 0 Å². The molecule has 2 amide bonds. The van der Waals surface area contributed by atoms with E-state index in [0.717, 1.165) is 58.0 Å². The van der Waals surface area contributed by atoms with Crippen LogP contribution in [0.1, 0.15) is 63.0 Å². The van der Waals surface area contributed by atoms with Gasteiger partial charge in [-0.05, 0) is 69.9 Å². The van der Waals surface area contributed by atoms with Crippen LogP contribution in [-0.4, -0.2) is 57.7 Å². The van der Waals surface area contributed by atoms with Gasteiger partial charge in [0.25, 0.3) is 0 Å². The van der Waals surface area contributed by atoms with Gasteiger partial charge in [0.1, 0.15) is 6.04 Å². The third-order valence-corrected chi connectivity index (χ3v) is 7.66. The molecule has 4 heterocycles. The molecule has 0 radical (unpaired) electrons. The first kappa shape index (κ1) is 19.1. The molecule has 5 rings (SSSR count). The fourth-order valence-electron chi connectivity index (χ4n) is 6.25. The van der Waals surface area contributed by atoms with Crippen LogP contribution in [0.2, 0.25) is 0 Å². The van der Waals surface area contributed by atoms with Gasteiger partial charge in [-0.15, -0.1) is 0 Å². The molecule has 4 atom stereocenters. The van der Waals surface area contributed by atoms with Gasteiger partial charge in [0.2, 0.25) is 11.8 Å². The van der Waals surface area contributed by atoms with E-state index in [1.54, 1.807) is 0 Å². The number of carbonyl (C=O) groups excluding carboxylic acids is 2. The number of nitrogens with zero attached hydrogens (tertiary/aromatic N) is 3. The number of fused-ring (bicyclic) bond motifs is 4. The number of hydrogen-bond donors (Lipinski definition) is 2. The molecule has 0 aromatic carbocycles. The molecule has 4 fully saturated rings. The molecule has 0 spiro atoms. The lowest BCUT2D eigenvalue weighted by Gasteiger charge is -2.54. The van der Waals surface area contributed by atoms with E-state index >= 15 is 0 Å². The first-order valence-corrected chi connectivity index (χ1v) is 11.4. The second kappa shape index (κ2) is 7.74. The number of carbonyl (C=O) groups is 2. The Kier molecular flexibility index (Phi) is 5.10. The van der Waals surface area contributed by atoms with Crippen molar-refractivity contribution in [2.45, 2.75) is 82.5 Å². The molecule has 2 bridgehead atoms. The lowest BCUT2D eigenvalue weighted by Crippen LogP contribution is -2.68. The zero-order chi connectivity index (χ0) is 20.0. The Morgan fingerprint density at radius 1 is 1.17 bits per heavy atom. The largest absolute Gasteiger partial charge is 0.352 e. The molecule has 1 aliphatic carbocycles. The van der Waals surface area contributed by atoms with Gasteiger partial charge in [-0.1, -0.05) is 0 Å². The second-order valence-corrected chi connectivity index (χ2v) is 9.63. The van der Waals surface area contributed by atoms with Crippen molar-refractivity contribution in [1.82, 2.24) is 25.3 Å². The van der Waals surface area contributed by atoms with Crippen molar-refractivity contribution in [3.8, 4) is 0 Å². The number of rotatable bonds is 3. The van der Waals surface area contributed by atoms with Crippen molar-refractivity contribution in [2.75, 3.05) is 13.1 Å². The van der Waals surface area contributed by atoms with E-state index < -0.39 is 0 Å². The number of piperidine rings is 3. The highest BCUT2D eigenvalue weighted by Gasteiger charge is 2.50. The van der Waals surface area contributed by atoms with Crippen LogP contribution in [0.15, 0.2) is 12.4 Å². The highest BCUT2D eigenvalue weighted by Crippen LogP contribution is 2.40. The van der Waals surface area contributed by atoms with Gasteiger partial charge < -0.3 is 15.5 Å². The van der Waals surface area contributed by atoms with E-state index in [1.165, 1.54) is 5.56 Å². The Hall–Kier alpha value is -1.89. The van der Waals surface area contributed by atoms with Gasteiger partial charge in [0, 0.05) is 37.2 Å². The maximum Gasteiger partial charge on any atom is 0.243 e. The number of aromatic nitrogens is 2. The van der Waals surface area contributed by atoms with Gasteiger partial charge in [0.05, 0.1) is 12.2 Å². The molecular weight excluding hydrogens is 366 g/mol. The van der Waals surface area contributed by atoms with Crippen molar-refractivity contribution in [1.29, 1.82) is 0 Å². The van der Waals surface area contributed by atoms with Crippen molar-refractivity contribution in [2.24, 2.45) is 11.8 Å². The van der Waals surface area contributed by atoms with E-state index in [-0.39, 0.29) is 35.9 Å². The standard InChI is InChI=1S/C22H33N5O2/c1-14-10-24-26(13-14)18-7-5-17(6-8-18)25-22(29)21-16-9-15(11-23-12-16)19-3-2-4-20(28)27(19)21/h10,13,15-19,21,23H,2-9,11-12H2,1H3,(H,25,29)/t15-,16+,17?,18?,19+,21-/m1/s1.